The number of halogens is 1. The molecule has 1 amide bonds. The van der Waals surface area contributed by atoms with Crippen molar-refractivity contribution < 1.29 is 18.7 Å². The van der Waals surface area contributed by atoms with E-state index in [9.17, 15) is 4.79 Å². The number of aliphatic imine (C=N–C) groups is 1. The van der Waals surface area contributed by atoms with E-state index in [-0.39, 0.29) is 12.0 Å². The minimum atomic E-state index is -0.227. The lowest BCUT2D eigenvalue weighted by atomic mass is 10.1. The van der Waals surface area contributed by atoms with Crippen molar-refractivity contribution >= 4 is 46.2 Å². The Balaban J connectivity index is 1.62. The third-order valence-corrected chi connectivity index (χ3v) is 6.08. The monoisotopic (exact) mass is 432 g/mol. The first-order valence-electron chi connectivity index (χ1n) is 9.42. The highest BCUT2D eigenvalue weighted by molar-refractivity contribution is 8.14. The molecule has 0 aliphatic carbocycles. The van der Waals surface area contributed by atoms with Crippen LogP contribution in [0.15, 0.2) is 51.7 Å². The summed E-state index contributed by atoms with van der Waals surface area (Å²) in [4.78, 5) is 19.3. The molecule has 8 heteroatoms. The second-order valence-electron chi connectivity index (χ2n) is 6.70. The van der Waals surface area contributed by atoms with Crippen molar-refractivity contribution in [2.24, 2.45) is 4.99 Å². The quantitative estimate of drug-likeness (QED) is 0.623. The Morgan fingerprint density at radius 2 is 2.28 bits per heavy atom. The third kappa shape index (κ3) is 4.52. The summed E-state index contributed by atoms with van der Waals surface area (Å²) in [5, 5.41) is 1.03. The first-order chi connectivity index (χ1) is 14.2. The van der Waals surface area contributed by atoms with Gasteiger partial charge in [-0.1, -0.05) is 23.4 Å². The van der Waals surface area contributed by atoms with Crippen LogP contribution in [0, 0.1) is 0 Å². The summed E-state index contributed by atoms with van der Waals surface area (Å²) >= 11 is 7.81. The van der Waals surface area contributed by atoms with E-state index in [0.717, 1.165) is 31.6 Å². The zero-order valence-corrected chi connectivity index (χ0v) is 17.5. The van der Waals surface area contributed by atoms with Crippen molar-refractivity contribution in [2.75, 3.05) is 24.4 Å². The number of hydrogen-bond donors (Lipinski definition) is 0. The van der Waals surface area contributed by atoms with Crippen LogP contribution in [0.5, 0.6) is 5.75 Å². The van der Waals surface area contributed by atoms with Crippen LogP contribution in [-0.2, 0) is 9.53 Å². The van der Waals surface area contributed by atoms with Gasteiger partial charge in [-0.05, 0) is 49.6 Å². The summed E-state index contributed by atoms with van der Waals surface area (Å²) < 4.78 is 16.4. The molecule has 152 valence electrons. The number of amides is 1. The number of benzene rings is 1. The molecule has 0 bridgehead atoms. The number of hydrogen-bond acceptors (Lipinski definition) is 6. The normalized spacial score (nSPS) is 21.0. The summed E-state index contributed by atoms with van der Waals surface area (Å²) in [5.41, 5.74) is 0.957. The number of thioether (sulfide) groups is 1. The Morgan fingerprint density at radius 3 is 2.97 bits per heavy atom. The zero-order valence-electron chi connectivity index (χ0n) is 16.0. The number of amidine groups is 1. The summed E-state index contributed by atoms with van der Waals surface area (Å²) in [7, 11) is 1.55. The molecule has 4 rings (SSSR count). The van der Waals surface area contributed by atoms with Crippen molar-refractivity contribution in [1.29, 1.82) is 0 Å². The molecule has 0 N–H and O–H groups in total. The predicted octanol–water partition coefficient (Wildman–Crippen LogP) is 4.99. The van der Waals surface area contributed by atoms with E-state index in [1.807, 2.05) is 0 Å². The minimum Gasteiger partial charge on any atom is -0.495 e. The van der Waals surface area contributed by atoms with Crippen LogP contribution in [0.2, 0.25) is 5.02 Å². The van der Waals surface area contributed by atoms with Crippen molar-refractivity contribution in [3.8, 4) is 5.75 Å². The van der Waals surface area contributed by atoms with Gasteiger partial charge < -0.3 is 13.9 Å². The molecule has 3 heterocycles. The molecule has 0 radical (unpaired) electrons. The molecule has 1 aromatic carbocycles. The highest BCUT2D eigenvalue weighted by atomic mass is 35.5. The van der Waals surface area contributed by atoms with Crippen molar-refractivity contribution in [2.45, 2.75) is 25.4 Å². The molecule has 0 unspecified atom stereocenters. The molecule has 1 fully saturated rings. The second kappa shape index (κ2) is 9.07. The predicted molar refractivity (Wildman–Crippen MR) is 116 cm³/mol. The lowest BCUT2D eigenvalue weighted by Gasteiger charge is -2.24. The van der Waals surface area contributed by atoms with E-state index in [0.29, 0.717) is 33.1 Å². The zero-order chi connectivity index (χ0) is 20.2. The summed E-state index contributed by atoms with van der Waals surface area (Å²) in [6.07, 6.45) is 6.67. The van der Waals surface area contributed by atoms with Gasteiger partial charge in [0.25, 0.3) is 5.91 Å². The fourth-order valence-electron chi connectivity index (χ4n) is 3.23. The van der Waals surface area contributed by atoms with Crippen LogP contribution in [0.3, 0.4) is 0 Å². The van der Waals surface area contributed by atoms with Crippen LogP contribution in [-0.4, -0.2) is 36.6 Å². The van der Waals surface area contributed by atoms with E-state index < -0.39 is 0 Å². The van der Waals surface area contributed by atoms with E-state index in [1.54, 1.807) is 54.7 Å². The number of carbonyl (C=O) groups is 1. The lowest BCUT2D eigenvalue weighted by Crippen LogP contribution is -2.31. The highest BCUT2D eigenvalue weighted by Crippen LogP contribution is 2.35. The SMILES string of the molecule is COc1ccc(N2C(=O)/C(=C\c3ccco3)N=C2SC[C@@H]2CCCCO2)cc1Cl. The van der Waals surface area contributed by atoms with Crippen molar-refractivity contribution in [3.63, 3.8) is 0 Å². The summed E-state index contributed by atoms with van der Waals surface area (Å²) in [6.45, 7) is 0.790. The average Bonchev–Trinajstić information content (AvgIpc) is 3.35. The number of ether oxygens (including phenoxy) is 2. The maximum atomic E-state index is 13.1. The molecule has 2 aliphatic rings. The van der Waals surface area contributed by atoms with E-state index >= 15 is 0 Å². The second-order valence-corrected chi connectivity index (χ2v) is 8.09. The van der Waals surface area contributed by atoms with Gasteiger partial charge in [-0.25, -0.2) is 4.99 Å². The van der Waals surface area contributed by atoms with Crippen LogP contribution in [0.25, 0.3) is 6.08 Å². The Morgan fingerprint density at radius 1 is 1.38 bits per heavy atom. The molecular weight excluding hydrogens is 412 g/mol. The number of carbonyl (C=O) groups excluding carboxylic acids is 1. The Hall–Kier alpha value is -2.22. The smallest absolute Gasteiger partial charge is 0.283 e. The van der Waals surface area contributed by atoms with Gasteiger partial charge in [-0.2, -0.15) is 0 Å². The molecule has 1 aromatic heterocycles. The Labute approximate surface area is 178 Å². The van der Waals surface area contributed by atoms with E-state index in [1.165, 1.54) is 11.8 Å². The fraction of sp³-hybridized carbons (Fsp3) is 0.333. The van der Waals surface area contributed by atoms with Crippen LogP contribution < -0.4 is 9.64 Å². The summed E-state index contributed by atoms with van der Waals surface area (Å²) in [5.74, 6) is 1.64. The standard InChI is InChI=1S/C21H21ClN2O4S/c1-26-19-8-7-14(11-17(19)22)24-20(25)18(12-15-6-4-10-27-15)23-21(24)29-13-16-5-2-3-9-28-16/h4,6-8,10-12,16H,2-3,5,9,13H2,1H3/b18-12+/t16-/m0/s1. The number of anilines is 1. The maximum absolute atomic E-state index is 13.1. The Kier molecular flexibility index (Phi) is 6.28. The van der Waals surface area contributed by atoms with Gasteiger partial charge in [-0.15, -0.1) is 0 Å². The summed E-state index contributed by atoms with van der Waals surface area (Å²) in [6, 6.07) is 8.80. The topological polar surface area (TPSA) is 64.3 Å². The van der Waals surface area contributed by atoms with Crippen molar-refractivity contribution in [3.05, 3.63) is 53.1 Å². The van der Waals surface area contributed by atoms with E-state index in [4.69, 9.17) is 25.5 Å². The fourth-order valence-corrected chi connectivity index (χ4v) is 4.56. The van der Waals surface area contributed by atoms with Gasteiger partial charge in [0.15, 0.2) is 5.17 Å². The molecule has 1 saturated heterocycles. The van der Waals surface area contributed by atoms with Crippen molar-refractivity contribution in [1.82, 2.24) is 0 Å². The number of furan rings is 1. The minimum absolute atomic E-state index is 0.172. The van der Waals surface area contributed by atoms with Gasteiger partial charge in [0, 0.05) is 18.4 Å². The molecule has 6 nitrogen and oxygen atoms in total. The molecule has 2 aliphatic heterocycles. The molecule has 2 aromatic rings. The number of nitrogens with zero attached hydrogens (tertiary/aromatic N) is 2. The van der Waals surface area contributed by atoms with Gasteiger partial charge in [-0.3, -0.25) is 9.69 Å². The average molecular weight is 433 g/mol. The Bertz CT molecular complexity index is 936. The van der Waals surface area contributed by atoms with Gasteiger partial charge >= 0.3 is 0 Å². The van der Waals surface area contributed by atoms with Crippen LogP contribution in [0.1, 0.15) is 25.0 Å². The van der Waals surface area contributed by atoms with E-state index in [2.05, 4.69) is 4.99 Å². The third-order valence-electron chi connectivity index (χ3n) is 4.72. The molecule has 29 heavy (non-hydrogen) atoms. The van der Waals surface area contributed by atoms with Crippen LogP contribution >= 0.6 is 23.4 Å². The maximum Gasteiger partial charge on any atom is 0.283 e. The van der Waals surface area contributed by atoms with Gasteiger partial charge in [0.05, 0.1) is 30.2 Å². The largest absolute Gasteiger partial charge is 0.495 e. The molecule has 0 saturated carbocycles. The highest BCUT2D eigenvalue weighted by Gasteiger charge is 2.33. The number of rotatable bonds is 5. The number of methoxy groups -OCH3 is 1. The molecule has 1 atom stereocenters. The first kappa shape index (κ1) is 20.1. The molecular formula is C21H21ClN2O4S. The molecule has 0 spiro atoms. The first-order valence-corrected chi connectivity index (χ1v) is 10.8. The van der Waals surface area contributed by atoms with Crippen LogP contribution in [0.4, 0.5) is 5.69 Å². The van der Waals surface area contributed by atoms with Gasteiger partial charge in [0.2, 0.25) is 0 Å². The van der Waals surface area contributed by atoms with Gasteiger partial charge in [0.1, 0.15) is 17.2 Å². The lowest BCUT2D eigenvalue weighted by molar-refractivity contribution is -0.113.